The number of carbonyl (C=O) groups excluding carboxylic acids is 1. The van der Waals surface area contributed by atoms with Crippen LogP contribution in [0.25, 0.3) is 0 Å². The summed E-state index contributed by atoms with van der Waals surface area (Å²) in [6.45, 7) is 0. The van der Waals surface area contributed by atoms with Crippen molar-refractivity contribution in [3.05, 3.63) is 46.5 Å². The summed E-state index contributed by atoms with van der Waals surface area (Å²) in [6, 6.07) is 6.65. The Kier molecular flexibility index (Phi) is 4.40. The van der Waals surface area contributed by atoms with Crippen LogP contribution in [0.2, 0.25) is 5.02 Å². The van der Waals surface area contributed by atoms with E-state index in [0.717, 1.165) is 0 Å². The Morgan fingerprint density at radius 1 is 1.31 bits per heavy atom. The van der Waals surface area contributed by atoms with Gasteiger partial charge in [-0.3, -0.25) is 4.79 Å². The van der Waals surface area contributed by atoms with E-state index in [-0.39, 0.29) is 12.2 Å². The number of terminal acetylenes is 2. The molecule has 2 heteroatoms. The Bertz CT molecular complexity index is 495. The van der Waals surface area contributed by atoms with E-state index < -0.39 is 0 Å². The van der Waals surface area contributed by atoms with E-state index in [1.807, 2.05) is 0 Å². The van der Waals surface area contributed by atoms with Gasteiger partial charge in [0, 0.05) is 22.6 Å². The maximum absolute atomic E-state index is 11.8. The summed E-state index contributed by atoms with van der Waals surface area (Å²) >= 11 is 5.72. The highest BCUT2D eigenvalue weighted by molar-refractivity contribution is 6.30. The molecule has 1 rings (SSSR count). The van der Waals surface area contributed by atoms with Gasteiger partial charge in [0.1, 0.15) is 0 Å². The Hall–Kier alpha value is -1.96. The molecule has 0 atom stereocenters. The minimum absolute atomic E-state index is 0.0730. The molecule has 0 radical (unpaired) electrons. The zero-order valence-electron chi connectivity index (χ0n) is 8.53. The number of carbonyl (C=O) groups is 1. The van der Waals surface area contributed by atoms with Crippen LogP contribution in [-0.2, 0) is 0 Å². The number of hydrogen-bond donors (Lipinski definition) is 0. The smallest absolute Gasteiger partial charge is 0.167 e. The van der Waals surface area contributed by atoms with Crippen LogP contribution in [0, 0.1) is 24.7 Å². The van der Waals surface area contributed by atoms with Gasteiger partial charge in [0.2, 0.25) is 0 Å². The van der Waals surface area contributed by atoms with Gasteiger partial charge in [0.15, 0.2) is 5.78 Å². The second kappa shape index (κ2) is 5.81. The van der Waals surface area contributed by atoms with Crippen LogP contribution in [0.15, 0.2) is 35.9 Å². The largest absolute Gasteiger partial charge is 0.294 e. The van der Waals surface area contributed by atoms with Crippen molar-refractivity contribution in [1.29, 1.82) is 0 Å². The van der Waals surface area contributed by atoms with Crippen molar-refractivity contribution >= 4 is 17.4 Å². The van der Waals surface area contributed by atoms with Crippen molar-refractivity contribution in [3.8, 4) is 24.7 Å². The molecule has 0 heterocycles. The van der Waals surface area contributed by atoms with Crippen molar-refractivity contribution in [2.45, 2.75) is 6.42 Å². The molecule has 0 aliphatic heterocycles. The number of rotatable bonds is 3. The van der Waals surface area contributed by atoms with Crippen molar-refractivity contribution in [3.63, 3.8) is 0 Å². The zero-order valence-corrected chi connectivity index (χ0v) is 9.29. The lowest BCUT2D eigenvalue weighted by Gasteiger charge is -2.00. The van der Waals surface area contributed by atoms with Crippen LogP contribution < -0.4 is 0 Å². The summed E-state index contributed by atoms with van der Waals surface area (Å²) in [6.07, 6.45) is 11.9. The summed E-state index contributed by atoms with van der Waals surface area (Å²) in [5.41, 5.74) is 1.07. The molecule has 1 aromatic rings. The predicted molar refractivity (Wildman–Crippen MR) is 66.1 cm³/mol. The zero-order chi connectivity index (χ0) is 12.0. The van der Waals surface area contributed by atoms with Gasteiger partial charge < -0.3 is 0 Å². The lowest BCUT2D eigenvalue weighted by Crippen LogP contribution is -1.99. The summed E-state index contributed by atoms with van der Waals surface area (Å²) in [7, 11) is 0. The van der Waals surface area contributed by atoms with Gasteiger partial charge in [-0.05, 0) is 30.3 Å². The van der Waals surface area contributed by atoms with Gasteiger partial charge in [0.25, 0.3) is 0 Å². The summed E-state index contributed by atoms with van der Waals surface area (Å²) in [5, 5.41) is 0.591. The lowest BCUT2D eigenvalue weighted by molar-refractivity contribution is 0.0994. The van der Waals surface area contributed by atoms with E-state index in [1.54, 1.807) is 24.3 Å². The highest BCUT2D eigenvalue weighted by Crippen LogP contribution is 2.13. The summed E-state index contributed by atoms with van der Waals surface area (Å²) in [4.78, 5) is 11.8. The van der Waals surface area contributed by atoms with Crippen molar-refractivity contribution < 1.29 is 4.79 Å². The number of halogens is 1. The first-order chi connectivity index (χ1) is 7.67. The standard InChI is InChI=1S/C14H9ClO/c1-3-5-11(4-2)10-14(16)12-6-8-13(15)9-7-12/h1-2,5-9H,10H2/b11-5+. The van der Waals surface area contributed by atoms with Gasteiger partial charge in [0.05, 0.1) is 0 Å². The molecule has 0 bridgehead atoms. The van der Waals surface area contributed by atoms with Crippen LogP contribution in [0.1, 0.15) is 16.8 Å². The first kappa shape index (κ1) is 12.1. The number of allylic oxidation sites excluding steroid dienone is 2. The molecule has 1 nitrogen and oxygen atoms in total. The van der Waals surface area contributed by atoms with Crippen LogP contribution in [0.4, 0.5) is 0 Å². The average molecular weight is 229 g/mol. The van der Waals surface area contributed by atoms with Gasteiger partial charge in [-0.2, -0.15) is 0 Å². The molecule has 0 aromatic heterocycles. The van der Waals surface area contributed by atoms with E-state index in [2.05, 4.69) is 11.8 Å². The van der Waals surface area contributed by atoms with Crippen LogP contribution in [-0.4, -0.2) is 5.78 Å². The van der Waals surface area contributed by atoms with E-state index in [0.29, 0.717) is 16.2 Å². The minimum Gasteiger partial charge on any atom is -0.294 e. The van der Waals surface area contributed by atoms with Crippen LogP contribution in [0.3, 0.4) is 0 Å². The number of Topliss-reactive ketones (excluding diaryl/α,β-unsaturated/α-hetero) is 1. The molecule has 78 valence electrons. The quantitative estimate of drug-likeness (QED) is 0.574. The van der Waals surface area contributed by atoms with Gasteiger partial charge in [-0.15, -0.1) is 12.8 Å². The third-order valence-corrected chi connectivity index (χ3v) is 2.21. The van der Waals surface area contributed by atoms with E-state index in [4.69, 9.17) is 24.4 Å². The maximum atomic E-state index is 11.8. The lowest BCUT2D eigenvalue weighted by atomic mass is 10.0. The molecular weight excluding hydrogens is 220 g/mol. The van der Waals surface area contributed by atoms with Crippen molar-refractivity contribution in [2.24, 2.45) is 0 Å². The molecule has 0 saturated heterocycles. The Balaban J connectivity index is 2.82. The first-order valence-electron chi connectivity index (χ1n) is 4.58. The molecule has 0 aliphatic carbocycles. The SMILES string of the molecule is C#C/C=C(\C#C)CC(=O)c1ccc(Cl)cc1. The molecule has 0 spiro atoms. The molecule has 0 amide bonds. The molecule has 0 unspecified atom stereocenters. The van der Waals surface area contributed by atoms with Crippen molar-refractivity contribution in [1.82, 2.24) is 0 Å². The topological polar surface area (TPSA) is 17.1 Å². The van der Waals surface area contributed by atoms with Crippen LogP contribution >= 0.6 is 11.6 Å². The molecular formula is C14H9ClO. The van der Waals surface area contributed by atoms with Gasteiger partial charge in [-0.1, -0.05) is 23.4 Å². The predicted octanol–water partition coefficient (Wildman–Crippen LogP) is 3.11. The van der Waals surface area contributed by atoms with Gasteiger partial charge >= 0.3 is 0 Å². The summed E-state index contributed by atoms with van der Waals surface area (Å²) < 4.78 is 0. The van der Waals surface area contributed by atoms with Crippen molar-refractivity contribution in [2.75, 3.05) is 0 Å². The molecule has 1 aromatic carbocycles. The average Bonchev–Trinajstić information content (AvgIpc) is 2.29. The van der Waals surface area contributed by atoms with E-state index in [1.165, 1.54) is 6.08 Å². The highest BCUT2D eigenvalue weighted by Gasteiger charge is 2.07. The second-order valence-electron chi connectivity index (χ2n) is 3.09. The normalized spacial score (nSPS) is 10.3. The Morgan fingerprint density at radius 2 is 1.94 bits per heavy atom. The van der Waals surface area contributed by atoms with Gasteiger partial charge in [-0.25, -0.2) is 0 Å². The molecule has 0 aliphatic rings. The highest BCUT2D eigenvalue weighted by atomic mass is 35.5. The third kappa shape index (κ3) is 3.31. The Morgan fingerprint density at radius 3 is 2.44 bits per heavy atom. The van der Waals surface area contributed by atoms with E-state index >= 15 is 0 Å². The summed E-state index contributed by atoms with van der Waals surface area (Å²) in [5.74, 6) is 4.62. The fourth-order valence-electron chi connectivity index (χ4n) is 1.16. The third-order valence-electron chi connectivity index (χ3n) is 1.96. The number of ketones is 1. The number of hydrogen-bond acceptors (Lipinski definition) is 1. The second-order valence-corrected chi connectivity index (χ2v) is 3.52. The molecule has 0 N–H and O–H groups in total. The molecule has 0 fully saturated rings. The maximum Gasteiger partial charge on any atom is 0.167 e. The van der Waals surface area contributed by atoms with E-state index in [9.17, 15) is 4.79 Å². The monoisotopic (exact) mass is 228 g/mol. The minimum atomic E-state index is -0.0730. The van der Waals surface area contributed by atoms with Crippen LogP contribution in [0.5, 0.6) is 0 Å². The fraction of sp³-hybridized carbons (Fsp3) is 0.0714. The first-order valence-corrected chi connectivity index (χ1v) is 4.95. The Labute approximate surface area is 100 Å². The number of benzene rings is 1. The fourth-order valence-corrected chi connectivity index (χ4v) is 1.28. The molecule has 0 saturated carbocycles. The molecule has 16 heavy (non-hydrogen) atoms.